The van der Waals surface area contributed by atoms with E-state index in [1.807, 2.05) is 0 Å². The van der Waals surface area contributed by atoms with Crippen molar-refractivity contribution in [2.45, 2.75) is 20.0 Å². The van der Waals surface area contributed by atoms with E-state index in [-0.39, 0.29) is 12.0 Å². The Morgan fingerprint density at radius 2 is 1.71 bits per heavy atom. The molecule has 1 unspecified atom stereocenters. The number of nitrogens with zero attached hydrogens (tertiary/aromatic N) is 1. The van der Waals surface area contributed by atoms with Crippen LogP contribution < -0.4 is 5.73 Å². The molecule has 2 nitrogen and oxygen atoms in total. The molecular weight excluding hydrogens is 179 g/mol. The third-order valence-electron chi connectivity index (χ3n) is 2.42. The Kier molecular flexibility index (Phi) is 4.04. The summed E-state index contributed by atoms with van der Waals surface area (Å²) in [6.45, 7) is 5.92. The van der Waals surface area contributed by atoms with Gasteiger partial charge in [0.2, 0.25) is 0 Å². The van der Waals surface area contributed by atoms with E-state index in [9.17, 15) is 4.39 Å². The zero-order valence-corrected chi connectivity index (χ0v) is 8.70. The van der Waals surface area contributed by atoms with Gasteiger partial charge in [0.05, 0.1) is 6.17 Å². The summed E-state index contributed by atoms with van der Waals surface area (Å²) in [6, 6.07) is 6.36. The van der Waals surface area contributed by atoms with Gasteiger partial charge in [0.15, 0.2) is 0 Å². The number of hydrogen-bond acceptors (Lipinski definition) is 2. The molecule has 3 heteroatoms. The van der Waals surface area contributed by atoms with Crippen LogP contribution in [-0.4, -0.2) is 18.0 Å². The number of benzene rings is 1. The van der Waals surface area contributed by atoms with Crippen LogP contribution in [0.2, 0.25) is 0 Å². The minimum atomic E-state index is -0.222. The van der Waals surface area contributed by atoms with E-state index in [0.717, 1.165) is 18.7 Å². The van der Waals surface area contributed by atoms with Gasteiger partial charge in [0, 0.05) is 0 Å². The zero-order valence-electron chi connectivity index (χ0n) is 8.70. The summed E-state index contributed by atoms with van der Waals surface area (Å²) in [7, 11) is 0. The quantitative estimate of drug-likeness (QED) is 0.747. The lowest BCUT2D eigenvalue weighted by Gasteiger charge is -2.26. The van der Waals surface area contributed by atoms with Crippen molar-refractivity contribution in [3.63, 3.8) is 0 Å². The Hall–Kier alpha value is -0.930. The molecule has 78 valence electrons. The van der Waals surface area contributed by atoms with E-state index >= 15 is 0 Å². The van der Waals surface area contributed by atoms with Crippen molar-refractivity contribution in [2.75, 3.05) is 13.1 Å². The third-order valence-corrected chi connectivity index (χ3v) is 2.42. The molecule has 0 saturated heterocycles. The zero-order chi connectivity index (χ0) is 10.6. The summed E-state index contributed by atoms with van der Waals surface area (Å²) in [5, 5.41) is 0. The smallest absolute Gasteiger partial charge is 0.123 e. The molecule has 0 radical (unpaired) electrons. The van der Waals surface area contributed by atoms with Crippen molar-refractivity contribution in [3.05, 3.63) is 35.6 Å². The molecule has 0 aliphatic carbocycles. The van der Waals surface area contributed by atoms with Gasteiger partial charge in [-0.2, -0.15) is 0 Å². The van der Waals surface area contributed by atoms with E-state index in [4.69, 9.17) is 5.73 Å². The van der Waals surface area contributed by atoms with Crippen LogP contribution in [0.4, 0.5) is 4.39 Å². The second-order valence-electron chi connectivity index (χ2n) is 3.22. The van der Waals surface area contributed by atoms with Gasteiger partial charge in [-0.1, -0.05) is 26.0 Å². The SMILES string of the molecule is CCN(CC)C(N)c1ccc(F)cc1. The first-order chi connectivity index (χ1) is 6.69. The number of rotatable bonds is 4. The summed E-state index contributed by atoms with van der Waals surface area (Å²) < 4.78 is 12.7. The van der Waals surface area contributed by atoms with Gasteiger partial charge in [0.1, 0.15) is 5.82 Å². The van der Waals surface area contributed by atoms with E-state index in [1.54, 1.807) is 12.1 Å². The fourth-order valence-corrected chi connectivity index (χ4v) is 1.49. The van der Waals surface area contributed by atoms with Crippen LogP contribution >= 0.6 is 0 Å². The topological polar surface area (TPSA) is 29.3 Å². The van der Waals surface area contributed by atoms with Gasteiger partial charge in [-0.3, -0.25) is 4.90 Å². The van der Waals surface area contributed by atoms with Crippen LogP contribution in [0.3, 0.4) is 0 Å². The minimum Gasteiger partial charge on any atom is -0.312 e. The normalized spacial score (nSPS) is 13.2. The predicted octanol–water partition coefficient (Wildman–Crippen LogP) is 2.12. The molecular formula is C11H17FN2. The molecule has 0 heterocycles. The van der Waals surface area contributed by atoms with Crippen LogP contribution in [0.15, 0.2) is 24.3 Å². The molecule has 0 aromatic heterocycles. The molecule has 1 atom stereocenters. The average molecular weight is 196 g/mol. The molecule has 1 rings (SSSR count). The lowest BCUT2D eigenvalue weighted by Crippen LogP contribution is -2.34. The fraction of sp³-hybridized carbons (Fsp3) is 0.455. The summed E-state index contributed by atoms with van der Waals surface area (Å²) in [5.41, 5.74) is 6.97. The van der Waals surface area contributed by atoms with Gasteiger partial charge in [0.25, 0.3) is 0 Å². The summed E-state index contributed by atoms with van der Waals surface area (Å²) in [4.78, 5) is 2.12. The van der Waals surface area contributed by atoms with Crippen molar-refractivity contribution in [2.24, 2.45) is 5.73 Å². The molecule has 0 saturated carbocycles. The lowest BCUT2D eigenvalue weighted by molar-refractivity contribution is 0.224. The van der Waals surface area contributed by atoms with Crippen molar-refractivity contribution < 1.29 is 4.39 Å². The highest BCUT2D eigenvalue weighted by atomic mass is 19.1. The standard InChI is InChI=1S/C11H17FN2/c1-3-14(4-2)11(13)9-5-7-10(12)8-6-9/h5-8,11H,3-4,13H2,1-2H3. The summed E-state index contributed by atoms with van der Waals surface area (Å²) in [6.07, 6.45) is -0.134. The average Bonchev–Trinajstić information content (AvgIpc) is 2.20. The molecule has 0 aliphatic rings. The van der Waals surface area contributed by atoms with Crippen molar-refractivity contribution in [3.8, 4) is 0 Å². The lowest BCUT2D eigenvalue weighted by atomic mass is 10.1. The maximum absolute atomic E-state index is 12.7. The molecule has 2 N–H and O–H groups in total. The highest BCUT2D eigenvalue weighted by Gasteiger charge is 2.12. The van der Waals surface area contributed by atoms with Crippen LogP contribution in [0.5, 0.6) is 0 Å². The molecule has 14 heavy (non-hydrogen) atoms. The highest BCUT2D eigenvalue weighted by Crippen LogP contribution is 2.14. The van der Waals surface area contributed by atoms with Crippen molar-refractivity contribution in [1.82, 2.24) is 4.90 Å². The molecule has 0 fully saturated rings. The van der Waals surface area contributed by atoms with Crippen LogP contribution in [-0.2, 0) is 0 Å². The Labute approximate surface area is 84.5 Å². The predicted molar refractivity (Wildman–Crippen MR) is 56.2 cm³/mol. The fourth-order valence-electron chi connectivity index (χ4n) is 1.49. The molecule has 0 aliphatic heterocycles. The molecule has 1 aromatic rings. The number of halogens is 1. The first kappa shape index (κ1) is 11.1. The molecule has 0 amide bonds. The Morgan fingerprint density at radius 1 is 1.21 bits per heavy atom. The van der Waals surface area contributed by atoms with E-state index < -0.39 is 0 Å². The molecule has 1 aromatic carbocycles. The van der Waals surface area contributed by atoms with Crippen molar-refractivity contribution >= 4 is 0 Å². The van der Waals surface area contributed by atoms with Crippen LogP contribution in [0, 0.1) is 5.82 Å². The van der Waals surface area contributed by atoms with E-state index in [1.165, 1.54) is 12.1 Å². The van der Waals surface area contributed by atoms with E-state index in [2.05, 4.69) is 18.7 Å². The van der Waals surface area contributed by atoms with Gasteiger partial charge < -0.3 is 5.73 Å². The molecule has 0 spiro atoms. The maximum atomic E-state index is 12.7. The van der Waals surface area contributed by atoms with Crippen LogP contribution in [0.25, 0.3) is 0 Å². The van der Waals surface area contributed by atoms with Gasteiger partial charge >= 0.3 is 0 Å². The summed E-state index contributed by atoms with van der Waals surface area (Å²) >= 11 is 0. The van der Waals surface area contributed by atoms with Crippen LogP contribution in [0.1, 0.15) is 25.6 Å². The Balaban J connectivity index is 2.77. The molecule has 0 bridgehead atoms. The van der Waals surface area contributed by atoms with Gasteiger partial charge in [-0.25, -0.2) is 4.39 Å². The first-order valence-electron chi connectivity index (χ1n) is 4.94. The Bertz CT molecular complexity index is 267. The van der Waals surface area contributed by atoms with E-state index in [0.29, 0.717) is 0 Å². The Morgan fingerprint density at radius 3 is 2.14 bits per heavy atom. The largest absolute Gasteiger partial charge is 0.312 e. The van der Waals surface area contributed by atoms with Gasteiger partial charge in [-0.05, 0) is 30.8 Å². The minimum absolute atomic E-state index is 0.134. The second-order valence-corrected chi connectivity index (χ2v) is 3.22. The highest BCUT2D eigenvalue weighted by molar-refractivity contribution is 5.19. The van der Waals surface area contributed by atoms with Gasteiger partial charge in [-0.15, -0.1) is 0 Å². The first-order valence-corrected chi connectivity index (χ1v) is 4.94. The number of nitrogens with two attached hydrogens (primary N) is 1. The van der Waals surface area contributed by atoms with Crippen molar-refractivity contribution in [1.29, 1.82) is 0 Å². The second kappa shape index (κ2) is 5.08. The number of hydrogen-bond donors (Lipinski definition) is 1. The monoisotopic (exact) mass is 196 g/mol. The third kappa shape index (κ3) is 2.53. The maximum Gasteiger partial charge on any atom is 0.123 e. The summed E-state index contributed by atoms with van der Waals surface area (Å²) in [5.74, 6) is -0.222.